The summed E-state index contributed by atoms with van der Waals surface area (Å²) in [6.45, 7) is 8.24. The van der Waals surface area contributed by atoms with Crippen molar-refractivity contribution in [3.8, 4) is 5.75 Å². The van der Waals surface area contributed by atoms with Crippen molar-refractivity contribution in [1.29, 1.82) is 0 Å². The fraction of sp³-hybridized carbons (Fsp3) is 0.519. The fourth-order valence-corrected chi connectivity index (χ4v) is 5.04. The summed E-state index contributed by atoms with van der Waals surface area (Å²) in [7, 11) is 0. The molecule has 0 spiro atoms. The molecule has 2 fully saturated rings. The molecule has 4 rings (SSSR count). The summed E-state index contributed by atoms with van der Waals surface area (Å²) in [5.74, 6) is 0.924. The number of likely N-dealkylation sites (tertiary alicyclic amines) is 1. The van der Waals surface area contributed by atoms with Crippen molar-refractivity contribution in [2.24, 2.45) is 0 Å². The first-order valence-corrected chi connectivity index (χ1v) is 13.1. The Bertz CT molecular complexity index is 1020. The van der Waals surface area contributed by atoms with E-state index in [9.17, 15) is 4.79 Å². The lowest BCUT2D eigenvalue weighted by molar-refractivity contribution is 0.0948. The van der Waals surface area contributed by atoms with Gasteiger partial charge < -0.3 is 25.0 Å². The van der Waals surface area contributed by atoms with Gasteiger partial charge in [0.1, 0.15) is 5.75 Å². The molecule has 2 aliphatic rings. The van der Waals surface area contributed by atoms with E-state index in [0.29, 0.717) is 18.7 Å². The molecule has 1 atom stereocenters. The zero-order chi connectivity index (χ0) is 24.6. The highest BCUT2D eigenvalue weighted by Gasteiger charge is 2.27. The van der Waals surface area contributed by atoms with Crippen LogP contribution in [0.3, 0.4) is 0 Å². The van der Waals surface area contributed by atoms with E-state index in [2.05, 4.69) is 15.5 Å². The number of nitrogens with zero attached hydrogens (tertiary/aromatic N) is 2. The molecule has 8 heteroatoms. The molecule has 0 radical (unpaired) electrons. The smallest absolute Gasteiger partial charge is 0.253 e. The maximum Gasteiger partial charge on any atom is 0.253 e. The van der Waals surface area contributed by atoms with Crippen LogP contribution in [-0.2, 0) is 11.3 Å². The van der Waals surface area contributed by atoms with Gasteiger partial charge in [-0.2, -0.15) is 0 Å². The molecule has 3 heterocycles. The molecule has 0 bridgehead atoms. The van der Waals surface area contributed by atoms with Gasteiger partial charge in [0.25, 0.3) is 5.91 Å². The van der Waals surface area contributed by atoms with Crippen LogP contribution in [0.2, 0.25) is 0 Å². The summed E-state index contributed by atoms with van der Waals surface area (Å²) in [4.78, 5) is 20.2. The molecule has 1 aromatic heterocycles. The van der Waals surface area contributed by atoms with E-state index in [1.165, 1.54) is 0 Å². The molecule has 0 aliphatic carbocycles. The van der Waals surface area contributed by atoms with E-state index in [0.717, 1.165) is 79.7 Å². The number of piperidine rings is 1. The third-order valence-corrected chi connectivity index (χ3v) is 7.10. The van der Waals surface area contributed by atoms with Gasteiger partial charge in [-0.15, -0.1) is 0 Å². The number of carbonyl (C=O) groups is 1. The number of nitrogens with one attached hydrogen (secondary N) is 2. The third-order valence-electron chi connectivity index (χ3n) is 6.69. The minimum atomic E-state index is -0.102. The number of aromatic nitrogens is 1. The molecule has 7 nitrogen and oxygen atoms in total. The monoisotopic (exact) mass is 496 g/mol. The summed E-state index contributed by atoms with van der Waals surface area (Å²) < 4.78 is 11.4. The van der Waals surface area contributed by atoms with Gasteiger partial charge in [0.15, 0.2) is 5.11 Å². The first-order chi connectivity index (χ1) is 17.0. The Balaban J connectivity index is 1.36. The average molecular weight is 497 g/mol. The van der Waals surface area contributed by atoms with Crippen LogP contribution in [0.5, 0.6) is 5.75 Å². The van der Waals surface area contributed by atoms with Gasteiger partial charge in [-0.05, 0) is 69.9 Å². The number of aryl methyl sites for hydroxylation is 1. The molecule has 2 saturated heterocycles. The van der Waals surface area contributed by atoms with Crippen LogP contribution in [0, 0.1) is 6.92 Å². The summed E-state index contributed by atoms with van der Waals surface area (Å²) in [5, 5.41) is 7.24. The van der Waals surface area contributed by atoms with Crippen LogP contribution in [0.4, 0.5) is 0 Å². The summed E-state index contributed by atoms with van der Waals surface area (Å²) in [6, 6.07) is 11.6. The van der Waals surface area contributed by atoms with E-state index >= 15 is 0 Å². The van der Waals surface area contributed by atoms with Gasteiger partial charge in [0.2, 0.25) is 0 Å². The van der Waals surface area contributed by atoms with Crippen molar-refractivity contribution < 1.29 is 14.3 Å². The second-order valence-electron chi connectivity index (χ2n) is 9.19. The zero-order valence-electron chi connectivity index (χ0n) is 20.7. The first kappa shape index (κ1) is 25.4. The Morgan fingerprint density at radius 3 is 2.71 bits per heavy atom. The Morgan fingerprint density at radius 1 is 1.17 bits per heavy atom. The Labute approximate surface area is 213 Å². The first-order valence-electron chi connectivity index (χ1n) is 12.7. The summed E-state index contributed by atoms with van der Waals surface area (Å²) >= 11 is 5.63. The van der Waals surface area contributed by atoms with Crippen molar-refractivity contribution in [1.82, 2.24) is 20.5 Å². The highest BCUT2D eigenvalue weighted by Crippen LogP contribution is 2.30. The molecule has 2 aromatic rings. The predicted octanol–water partition coefficient (Wildman–Crippen LogP) is 3.95. The van der Waals surface area contributed by atoms with Crippen molar-refractivity contribution >= 4 is 23.2 Å². The number of pyridine rings is 1. The number of benzene rings is 1. The van der Waals surface area contributed by atoms with E-state index in [1.54, 1.807) is 0 Å². The fourth-order valence-electron chi connectivity index (χ4n) is 4.77. The molecule has 2 aliphatic heterocycles. The maximum atomic E-state index is 13.2. The molecular formula is C27H36N4O3S. The zero-order valence-corrected chi connectivity index (χ0v) is 21.5. The van der Waals surface area contributed by atoms with Crippen LogP contribution in [0.25, 0.3) is 0 Å². The van der Waals surface area contributed by atoms with Crippen molar-refractivity contribution in [3.05, 3.63) is 58.9 Å². The number of rotatable bonds is 8. The van der Waals surface area contributed by atoms with Crippen LogP contribution >= 0.6 is 12.2 Å². The van der Waals surface area contributed by atoms with Crippen LogP contribution in [0.1, 0.15) is 65.8 Å². The maximum absolute atomic E-state index is 13.2. The Kier molecular flexibility index (Phi) is 8.93. The summed E-state index contributed by atoms with van der Waals surface area (Å²) in [6.07, 6.45) is 4.31. The topological polar surface area (TPSA) is 75.7 Å². The molecule has 35 heavy (non-hydrogen) atoms. The average Bonchev–Trinajstić information content (AvgIpc) is 3.40. The quantitative estimate of drug-likeness (QED) is 0.536. The van der Waals surface area contributed by atoms with Gasteiger partial charge in [-0.3, -0.25) is 9.78 Å². The Hall–Kier alpha value is -2.71. The number of hydrogen-bond donors (Lipinski definition) is 2. The normalized spacial score (nSPS) is 18.3. The number of amides is 1. The van der Waals surface area contributed by atoms with Crippen LogP contribution in [0.15, 0.2) is 36.4 Å². The summed E-state index contributed by atoms with van der Waals surface area (Å²) in [5.41, 5.74) is 3.43. The van der Waals surface area contributed by atoms with Gasteiger partial charge in [-0.25, -0.2) is 0 Å². The standard InChI is InChI=1S/C27H36N4O3S/c1-3-33-24-9-5-4-7-21(24)17-28-26(32)23-11-10-19(2)30-25(23)20-12-14-31(15-13-20)27(35)29-18-22-8-6-16-34-22/h4-5,7,9-11,20,22H,3,6,8,12-18H2,1-2H3,(H,28,32)(H,29,35). The lowest BCUT2D eigenvalue weighted by Crippen LogP contribution is -2.46. The van der Waals surface area contributed by atoms with E-state index in [4.69, 9.17) is 26.7 Å². The molecule has 188 valence electrons. The van der Waals surface area contributed by atoms with Gasteiger partial charge in [-0.1, -0.05) is 18.2 Å². The second-order valence-corrected chi connectivity index (χ2v) is 9.58. The van der Waals surface area contributed by atoms with Gasteiger partial charge >= 0.3 is 0 Å². The lowest BCUT2D eigenvalue weighted by atomic mass is 9.90. The molecular weight excluding hydrogens is 460 g/mol. The number of carbonyl (C=O) groups excluding carboxylic acids is 1. The van der Waals surface area contributed by atoms with Crippen LogP contribution in [-0.4, -0.2) is 59.9 Å². The Morgan fingerprint density at radius 2 is 1.97 bits per heavy atom. The second kappa shape index (κ2) is 12.3. The van der Waals surface area contributed by atoms with E-state index in [-0.39, 0.29) is 17.9 Å². The van der Waals surface area contributed by atoms with Crippen molar-refractivity contribution in [2.45, 2.75) is 58.1 Å². The SMILES string of the molecule is CCOc1ccccc1CNC(=O)c1ccc(C)nc1C1CCN(C(=S)NCC2CCCO2)CC1. The number of hydrogen-bond acceptors (Lipinski definition) is 5. The minimum Gasteiger partial charge on any atom is -0.494 e. The van der Waals surface area contributed by atoms with Gasteiger partial charge in [0, 0.05) is 50.0 Å². The van der Waals surface area contributed by atoms with Gasteiger partial charge in [0.05, 0.1) is 24.0 Å². The molecule has 1 unspecified atom stereocenters. The molecule has 1 aromatic carbocycles. The number of thiocarbonyl (C=S) groups is 1. The van der Waals surface area contributed by atoms with E-state index < -0.39 is 0 Å². The number of ether oxygens (including phenoxy) is 2. The number of para-hydroxylation sites is 1. The minimum absolute atomic E-state index is 0.102. The molecule has 2 N–H and O–H groups in total. The lowest BCUT2D eigenvalue weighted by Gasteiger charge is -2.34. The molecule has 1 amide bonds. The third kappa shape index (κ3) is 6.70. The van der Waals surface area contributed by atoms with E-state index in [1.807, 2.05) is 50.2 Å². The largest absolute Gasteiger partial charge is 0.494 e. The van der Waals surface area contributed by atoms with Crippen LogP contribution < -0.4 is 15.4 Å². The molecule has 0 saturated carbocycles. The highest BCUT2D eigenvalue weighted by molar-refractivity contribution is 7.80. The van der Waals surface area contributed by atoms with Crippen molar-refractivity contribution in [3.63, 3.8) is 0 Å². The predicted molar refractivity (Wildman–Crippen MR) is 141 cm³/mol. The van der Waals surface area contributed by atoms with Crippen molar-refractivity contribution in [2.75, 3.05) is 32.8 Å². The highest BCUT2D eigenvalue weighted by atomic mass is 32.1.